The van der Waals surface area contributed by atoms with E-state index in [0.29, 0.717) is 6.61 Å². The summed E-state index contributed by atoms with van der Waals surface area (Å²) in [4.78, 5) is 12.0. The lowest BCUT2D eigenvalue weighted by Gasteiger charge is -2.40. The van der Waals surface area contributed by atoms with Gasteiger partial charge in [-0.05, 0) is 49.4 Å². The number of hydrogen-bond donors (Lipinski definition) is 1. The predicted octanol–water partition coefficient (Wildman–Crippen LogP) is 3.40. The number of rotatable bonds is 4. The second-order valence-electron chi connectivity index (χ2n) is 5.01. The third kappa shape index (κ3) is 3.31. The van der Waals surface area contributed by atoms with Gasteiger partial charge < -0.3 is 14.5 Å². The highest BCUT2D eigenvalue weighted by Crippen LogP contribution is 2.31. The lowest BCUT2D eigenvalue weighted by atomic mass is 9.86. The van der Waals surface area contributed by atoms with Crippen LogP contribution in [0.25, 0.3) is 0 Å². The maximum Gasteiger partial charge on any atom is 0.287 e. The summed E-state index contributed by atoms with van der Waals surface area (Å²) >= 11 is 5.67. The van der Waals surface area contributed by atoms with Gasteiger partial charge >= 0.3 is 0 Å². The average Bonchev–Trinajstić information content (AvgIpc) is 2.85. The van der Waals surface area contributed by atoms with Crippen LogP contribution in [-0.4, -0.2) is 24.2 Å². The van der Waals surface area contributed by atoms with Crippen LogP contribution in [0.15, 0.2) is 16.5 Å². The molecule has 2 rings (SSSR count). The Morgan fingerprint density at radius 3 is 2.79 bits per heavy atom. The van der Waals surface area contributed by atoms with E-state index in [1.165, 1.54) is 0 Å². The number of amides is 1. The number of ether oxygens (including phenoxy) is 1. The first-order valence-corrected chi connectivity index (χ1v) is 7.16. The summed E-state index contributed by atoms with van der Waals surface area (Å²) in [7, 11) is 0. The first-order chi connectivity index (χ1) is 9.08. The Morgan fingerprint density at radius 2 is 2.21 bits per heavy atom. The monoisotopic (exact) mass is 285 g/mol. The molecule has 0 aliphatic carbocycles. The second kappa shape index (κ2) is 5.97. The van der Waals surface area contributed by atoms with Crippen molar-refractivity contribution in [3.63, 3.8) is 0 Å². The molecule has 0 bridgehead atoms. The van der Waals surface area contributed by atoms with E-state index in [2.05, 4.69) is 19.2 Å². The molecule has 106 valence electrons. The maximum atomic E-state index is 12.0. The highest BCUT2D eigenvalue weighted by Gasteiger charge is 2.35. The molecule has 1 unspecified atom stereocenters. The van der Waals surface area contributed by atoms with Crippen LogP contribution >= 0.6 is 11.6 Å². The van der Waals surface area contributed by atoms with Crippen molar-refractivity contribution in [2.75, 3.05) is 6.61 Å². The van der Waals surface area contributed by atoms with Gasteiger partial charge in [0, 0.05) is 12.6 Å². The van der Waals surface area contributed by atoms with Crippen LogP contribution in [0.1, 0.15) is 50.1 Å². The summed E-state index contributed by atoms with van der Waals surface area (Å²) in [5.74, 6) is 0.0509. The fourth-order valence-electron chi connectivity index (χ4n) is 2.59. The van der Waals surface area contributed by atoms with E-state index in [9.17, 15) is 4.79 Å². The van der Waals surface area contributed by atoms with Gasteiger partial charge in [0.1, 0.15) is 0 Å². The van der Waals surface area contributed by atoms with Crippen LogP contribution in [-0.2, 0) is 4.74 Å². The topological polar surface area (TPSA) is 51.5 Å². The molecule has 0 radical (unpaired) electrons. The van der Waals surface area contributed by atoms with Gasteiger partial charge in [-0.15, -0.1) is 0 Å². The van der Waals surface area contributed by atoms with E-state index in [-0.39, 0.29) is 28.5 Å². The minimum Gasteiger partial charge on any atom is -0.440 e. The molecule has 19 heavy (non-hydrogen) atoms. The van der Waals surface area contributed by atoms with E-state index in [1.54, 1.807) is 12.1 Å². The number of carbonyl (C=O) groups is 1. The lowest BCUT2D eigenvalue weighted by Crippen LogP contribution is -2.48. The normalized spacial score (nSPS) is 22.2. The summed E-state index contributed by atoms with van der Waals surface area (Å²) in [5, 5.41) is 3.23. The molecule has 1 amide bonds. The molecule has 4 nitrogen and oxygen atoms in total. The van der Waals surface area contributed by atoms with Crippen molar-refractivity contribution in [1.29, 1.82) is 0 Å². The molecule has 1 N–H and O–H groups in total. The quantitative estimate of drug-likeness (QED) is 0.922. The lowest BCUT2D eigenvalue weighted by molar-refractivity contribution is -0.0918. The zero-order valence-corrected chi connectivity index (χ0v) is 12.1. The Kier molecular flexibility index (Phi) is 4.53. The van der Waals surface area contributed by atoms with Gasteiger partial charge in [-0.3, -0.25) is 4.79 Å². The molecule has 2 heterocycles. The van der Waals surface area contributed by atoms with Gasteiger partial charge in [-0.1, -0.05) is 13.8 Å². The van der Waals surface area contributed by atoms with Gasteiger partial charge in [0.15, 0.2) is 11.0 Å². The molecular weight excluding hydrogens is 266 g/mol. The molecule has 1 saturated heterocycles. The minimum absolute atomic E-state index is 0.100. The van der Waals surface area contributed by atoms with E-state index >= 15 is 0 Å². The number of furan rings is 1. The van der Waals surface area contributed by atoms with Crippen molar-refractivity contribution in [1.82, 2.24) is 5.32 Å². The summed E-state index contributed by atoms with van der Waals surface area (Å²) in [5.41, 5.74) is -0.100. The van der Waals surface area contributed by atoms with Crippen molar-refractivity contribution in [2.24, 2.45) is 0 Å². The van der Waals surface area contributed by atoms with E-state index in [1.807, 2.05) is 0 Å². The first kappa shape index (κ1) is 14.4. The molecule has 1 aromatic heterocycles. The molecule has 1 aliphatic rings. The van der Waals surface area contributed by atoms with Crippen molar-refractivity contribution < 1.29 is 13.9 Å². The zero-order chi connectivity index (χ0) is 13.9. The number of carbonyl (C=O) groups excluding carboxylic acids is 1. The smallest absolute Gasteiger partial charge is 0.287 e. The number of nitrogens with one attached hydrogen (secondary N) is 1. The molecule has 1 aromatic rings. The molecule has 1 aliphatic heterocycles. The van der Waals surface area contributed by atoms with Crippen molar-refractivity contribution in [3.8, 4) is 0 Å². The van der Waals surface area contributed by atoms with E-state index in [4.69, 9.17) is 20.8 Å². The molecule has 5 heteroatoms. The first-order valence-electron chi connectivity index (χ1n) is 6.78. The van der Waals surface area contributed by atoms with Gasteiger partial charge in [0.25, 0.3) is 5.91 Å². The molecule has 1 atom stereocenters. The summed E-state index contributed by atoms with van der Waals surface area (Å²) in [6.45, 7) is 4.94. The zero-order valence-electron chi connectivity index (χ0n) is 11.4. The number of hydrogen-bond acceptors (Lipinski definition) is 3. The van der Waals surface area contributed by atoms with Crippen LogP contribution in [0.4, 0.5) is 0 Å². The van der Waals surface area contributed by atoms with Crippen LogP contribution in [0.5, 0.6) is 0 Å². The van der Waals surface area contributed by atoms with Crippen molar-refractivity contribution >= 4 is 17.5 Å². The fraction of sp³-hybridized carbons (Fsp3) is 0.643. The highest BCUT2D eigenvalue weighted by atomic mass is 35.5. The molecule has 1 fully saturated rings. The molecule has 0 spiro atoms. The summed E-state index contributed by atoms with van der Waals surface area (Å²) < 4.78 is 11.0. The van der Waals surface area contributed by atoms with E-state index in [0.717, 1.165) is 25.7 Å². The Hall–Kier alpha value is -1.00. The summed E-state index contributed by atoms with van der Waals surface area (Å²) in [6, 6.07) is 3.29. The van der Waals surface area contributed by atoms with Crippen molar-refractivity contribution in [3.05, 3.63) is 23.1 Å². The maximum absolute atomic E-state index is 12.0. The molecule has 0 aromatic carbocycles. The molecular formula is C14H20ClNO3. The molecule has 0 saturated carbocycles. The van der Waals surface area contributed by atoms with Gasteiger partial charge in [0.2, 0.25) is 0 Å². The van der Waals surface area contributed by atoms with Gasteiger partial charge in [0.05, 0.1) is 5.60 Å². The Bertz CT molecular complexity index is 440. The second-order valence-corrected chi connectivity index (χ2v) is 5.38. The third-order valence-corrected chi connectivity index (χ3v) is 4.12. The van der Waals surface area contributed by atoms with Gasteiger partial charge in [-0.2, -0.15) is 0 Å². The SMILES string of the molecule is CCC1(CC)CC(NC(=O)c2ccc(Cl)o2)CCO1. The number of halogens is 1. The fourth-order valence-corrected chi connectivity index (χ4v) is 2.73. The van der Waals surface area contributed by atoms with Crippen molar-refractivity contribution in [2.45, 2.75) is 51.2 Å². The van der Waals surface area contributed by atoms with E-state index < -0.39 is 0 Å². The van der Waals surface area contributed by atoms with Crippen LogP contribution in [0.2, 0.25) is 5.22 Å². The minimum atomic E-state index is -0.208. The predicted molar refractivity (Wildman–Crippen MR) is 73.5 cm³/mol. The van der Waals surface area contributed by atoms with Crippen LogP contribution in [0.3, 0.4) is 0 Å². The average molecular weight is 286 g/mol. The third-order valence-electron chi connectivity index (χ3n) is 3.91. The van der Waals surface area contributed by atoms with Crippen LogP contribution in [0, 0.1) is 0 Å². The largest absolute Gasteiger partial charge is 0.440 e. The summed E-state index contributed by atoms with van der Waals surface area (Å²) in [6.07, 6.45) is 3.60. The van der Waals surface area contributed by atoms with Gasteiger partial charge in [-0.25, -0.2) is 0 Å². The Balaban J connectivity index is 1.97. The highest BCUT2D eigenvalue weighted by molar-refractivity contribution is 6.29. The Morgan fingerprint density at radius 1 is 1.47 bits per heavy atom. The van der Waals surface area contributed by atoms with Crippen LogP contribution < -0.4 is 5.32 Å². The standard InChI is InChI=1S/C14H20ClNO3/c1-3-14(4-2)9-10(7-8-18-14)16-13(17)11-5-6-12(15)19-11/h5-6,10H,3-4,7-9H2,1-2H3,(H,16,17). The Labute approximate surface area is 118 Å².